The van der Waals surface area contributed by atoms with Crippen molar-refractivity contribution in [1.82, 2.24) is 5.32 Å². The fourth-order valence-electron chi connectivity index (χ4n) is 2.62. The topological polar surface area (TPSA) is 12.0 Å². The summed E-state index contributed by atoms with van der Waals surface area (Å²) in [6.45, 7) is 9.32. The molecule has 100 valence electrons. The molecule has 0 saturated heterocycles. The first kappa shape index (κ1) is 13.6. The van der Waals surface area contributed by atoms with E-state index in [0.717, 1.165) is 5.92 Å². The number of hydrogen-bond acceptors (Lipinski definition) is 1. The highest BCUT2D eigenvalue weighted by atomic mass is 15.0. The first-order valence-corrected chi connectivity index (χ1v) is 7.27. The molecular weight excluding hydrogens is 218 g/mol. The van der Waals surface area contributed by atoms with E-state index in [4.69, 9.17) is 0 Å². The predicted molar refractivity (Wildman–Crippen MR) is 78.6 cm³/mol. The van der Waals surface area contributed by atoms with E-state index in [1.54, 1.807) is 0 Å². The van der Waals surface area contributed by atoms with Gasteiger partial charge in [-0.05, 0) is 43.1 Å². The summed E-state index contributed by atoms with van der Waals surface area (Å²) in [7, 11) is 0. The Labute approximate surface area is 112 Å². The Morgan fingerprint density at radius 1 is 1.17 bits per heavy atom. The zero-order chi connectivity index (χ0) is 13.2. The number of nitrogens with one attached hydrogen (secondary N) is 1. The van der Waals surface area contributed by atoms with Crippen molar-refractivity contribution in [2.24, 2.45) is 11.3 Å². The van der Waals surface area contributed by atoms with Crippen molar-refractivity contribution < 1.29 is 0 Å². The van der Waals surface area contributed by atoms with Gasteiger partial charge in [-0.15, -0.1) is 0 Å². The quantitative estimate of drug-likeness (QED) is 0.802. The molecule has 0 bridgehead atoms. The minimum atomic E-state index is 0.358. The van der Waals surface area contributed by atoms with Crippen LogP contribution in [0.3, 0.4) is 0 Å². The molecule has 18 heavy (non-hydrogen) atoms. The van der Waals surface area contributed by atoms with Crippen LogP contribution in [0.15, 0.2) is 30.3 Å². The minimum absolute atomic E-state index is 0.358. The Bertz CT molecular complexity index is 359. The fraction of sp³-hybridized carbons (Fsp3) is 0.647. The molecule has 2 rings (SSSR count). The molecule has 0 aromatic heterocycles. The molecule has 1 saturated carbocycles. The molecular formula is C17H27N. The third-order valence-corrected chi connectivity index (χ3v) is 3.81. The van der Waals surface area contributed by atoms with Crippen molar-refractivity contribution in [3.05, 3.63) is 35.9 Å². The van der Waals surface area contributed by atoms with E-state index in [0.29, 0.717) is 17.5 Å². The molecule has 1 heteroatoms. The van der Waals surface area contributed by atoms with Gasteiger partial charge in [0, 0.05) is 12.1 Å². The summed E-state index contributed by atoms with van der Waals surface area (Å²) in [5.74, 6) is 0.913. The lowest BCUT2D eigenvalue weighted by atomic mass is 9.85. The highest BCUT2D eigenvalue weighted by molar-refractivity contribution is 5.19. The van der Waals surface area contributed by atoms with Crippen molar-refractivity contribution in [3.63, 3.8) is 0 Å². The van der Waals surface area contributed by atoms with Gasteiger partial charge < -0.3 is 5.32 Å². The normalized spacial score (nSPS) is 19.6. The van der Waals surface area contributed by atoms with E-state index < -0.39 is 0 Å². The van der Waals surface area contributed by atoms with Crippen LogP contribution in [-0.4, -0.2) is 6.04 Å². The second-order valence-electron chi connectivity index (χ2n) is 7.02. The van der Waals surface area contributed by atoms with Crippen LogP contribution >= 0.6 is 0 Å². The first-order chi connectivity index (χ1) is 8.46. The second-order valence-corrected chi connectivity index (χ2v) is 7.02. The maximum absolute atomic E-state index is 3.85. The summed E-state index contributed by atoms with van der Waals surface area (Å²) in [6.07, 6.45) is 4.00. The molecule has 1 aliphatic carbocycles. The van der Waals surface area contributed by atoms with Gasteiger partial charge >= 0.3 is 0 Å². The summed E-state index contributed by atoms with van der Waals surface area (Å²) < 4.78 is 0. The Morgan fingerprint density at radius 3 is 2.28 bits per heavy atom. The fourth-order valence-corrected chi connectivity index (χ4v) is 2.62. The van der Waals surface area contributed by atoms with E-state index in [1.165, 1.54) is 24.8 Å². The smallest absolute Gasteiger partial charge is 0.0327 e. The van der Waals surface area contributed by atoms with Crippen LogP contribution < -0.4 is 5.32 Å². The average molecular weight is 245 g/mol. The maximum Gasteiger partial charge on any atom is 0.0327 e. The molecule has 2 atom stereocenters. The first-order valence-electron chi connectivity index (χ1n) is 7.27. The Morgan fingerprint density at radius 2 is 1.78 bits per heavy atom. The molecule has 0 heterocycles. The summed E-state index contributed by atoms with van der Waals surface area (Å²) in [5.41, 5.74) is 1.79. The Hall–Kier alpha value is -0.820. The van der Waals surface area contributed by atoms with Gasteiger partial charge in [0.25, 0.3) is 0 Å². The summed E-state index contributed by atoms with van der Waals surface area (Å²) in [6, 6.07) is 12.0. The number of rotatable bonds is 5. The molecule has 0 radical (unpaired) electrons. The molecule has 1 aliphatic rings. The van der Waals surface area contributed by atoms with Crippen LogP contribution in [0.1, 0.15) is 58.6 Å². The van der Waals surface area contributed by atoms with Gasteiger partial charge in [0.1, 0.15) is 0 Å². The van der Waals surface area contributed by atoms with Crippen molar-refractivity contribution in [1.29, 1.82) is 0 Å². The zero-order valence-electron chi connectivity index (χ0n) is 12.2. The molecule has 1 aromatic carbocycles. The lowest BCUT2D eigenvalue weighted by Crippen LogP contribution is -2.34. The molecule has 0 spiro atoms. The molecule has 0 aliphatic heterocycles. The van der Waals surface area contributed by atoms with Gasteiger partial charge in [0.05, 0.1) is 0 Å². The monoisotopic (exact) mass is 245 g/mol. The lowest BCUT2D eigenvalue weighted by Gasteiger charge is -2.30. The number of hydrogen-bond donors (Lipinski definition) is 1. The predicted octanol–water partition coefficient (Wildman–Crippen LogP) is 4.55. The summed E-state index contributed by atoms with van der Waals surface area (Å²) >= 11 is 0. The molecule has 1 aromatic rings. The van der Waals surface area contributed by atoms with Gasteiger partial charge in [-0.25, -0.2) is 0 Å². The van der Waals surface area contributed by atoms with Crippen molar-refractivity contribution in [2.75, 3.05) is 0 Å². The number of benzene rings is 1. The molecule has 1 N–H and O–H groups in total. The van der Waals surface area contributed by atoms with E-state index in [2.05, 4.69) is 63.3 Å². The van der Waals surface area contributed by atoms with Gasteiger partial charge in [-0.3, -0.25) is 0 Å². The largest absolute Gasteiger partial charge is 0.307 e. The Balaban J connectivity index is 2.07. The van der Waals surface area contributed by atoms with E-state index >= 15 is 0 Å². The van der Waals surface area contributed by atoms with E-state index in [9.17, 15) is 0 Å². The van der Waals surface area contributed by atoms with Crippen LogP contribution in [0.2, 0.25) is 0 Å². The lowest BCUT2D eigenvalue weighted by molar-refractivity contribution is 0.289. The summed E-state index contributed by atoms with van der Waals surface area (Å²) in [5, 5.41) is 3.85. The third kappa shape index (κ3) is 4.13. The average Bonchev–Trinajstić information content (AvgIpc) is 3.11. The van der Waals surface area contributed by atoms with Gasteiger partial charge in [-0.2, -0.15) is 0 Å². The van der Waals surface area contributed by atoms with Gasteiger partial charge in [0.2, 0.25) is 0 Å². The van der Waals surface area contributed by atoms with Crippen LogP contribution in [0.25, 0.3) is 0 Å². The maximum atomic E-state index is 3.85. The minimum Gasteiger partial charge on any atom is -0.307 e. The highest BCUT2D eigenvalue weighted by Crippen LogP contribution is 2.35. The zero-order valence-corrected chi connectivity index (χ0v) is 12.2. The van der Waals surface area contributed by atoms with Crippen LogP contribution in [0, 0.1) is 11.3 Å². The van der Waals surface area contributed by atoms with Gasteiger partial charge in [0.15, 0.2) is 0 Å². The summed E-state index contributed by atoms with van der Waals surface area (Å²) in [4.78, 5) is 0. The molecule has 1 nitrogen and oxygen atoms in total. The third-order valence-electron chi connectivity index (χ3n) is 3.81. The van der Waals surface area contributed by atoms with Crippen molar-refractivity contribution in [2.45, 2.75) is 59.0 Å². The van der Waals surface area contributed by atoms with Crippen LogP contribution in [0.5, 0.6) is 0 Å². The second kappa shape index (κ2) is 5.44. The van der Waals surface area contributed by atoms with E-state index in [1.807, 2.05) is 0 Å². The standard InChI is InChI=1S/C17H27N/c1-13(14-10-11-14)18-16(12-17(2,3)4)15-8-6-5-7-9-15/h5-9,13-14,16,18H,10-12H2,1-4H3. The molecule has 1 fully saturated rings. The van der Waals surface area contributed by atoms with Gasteiger partial charge in [-0.1, -0.05) is 51.1 Å². The van der Waals surface area contributed by atoms with E-state index in [-0.39, 0.29) is 0 Å². The van der Waals surface area contributed by atoms with Crippen molar-refractivity contribution in [3.8, 4) is 0 Å². The van der Waals surface area contributed by atoms with Crippen molar-refractivity contribution >= 4 is 0 Å². The van der Waals surface area contributed by atoms with Crippen LogP contribution in [0.4, 0.5) is 0 Å². The van der Waals surface area contributed by atoms with Crippen LogP contribution in [-0.2, 0) is 0 Å². The SMILES string of the molecule is CC(NC(CC(C)(C)C)c1ccccc1)C1CC1. The Kier molecular flexibility index (Phi) is 4.11. The molecule has 0 amide bonds. The molecule has 2 unspecified atom stereocenters. The highest BCUT2D eigenvalue weighted by Gasteiger charge is 2.30.